The molecule has 0 saturated carbocycles. The van der Waals surface area contributed by atoms with Gasteiger partial charge in [-0.15, -0.1) is 0 Å². The zero-order chi connectivity index (χ0) is 17.7. The predicted molar refractivity (Wildman–Crippen MR) is 94.6 cm³/mol. The quantitative estimate of drug-likeness (QED) is 0.778. The van der Waals surface area contributed by atoms with Gasteiger partial charge in [-0.3, -0.25) is 4.98 Å². The lowest BCUT2D eigenvalue weighted by molar-refractivity contribution is 0.0748. The average molecular weight is 329 g/mol. The van der Waals surface area contributed by atoms with Gasteiger partial charge in [0.2, 0.25) is 5.88 Å². The van der Waals surface area contributed by atoms with Crippen molar-refractivity contribution in [1.82, 2.24) is 15.0 Å². The monoisotopic (exact) mass is 329 g/mol. The second kappa shape index (κ2) is 8.20. The van der Waals surface area contributed by atoms with Crippen LogP contribution in [-0.4, -0.2) is 34.8 Å². The summed E-state index contributed by atoms with van der Waals surface area (Å²) in [6, 6.07) is 2.15. The first kappa shape index (κ1) is 18.3. The van der Waals surface area contributed by atoms with Crippen molar-refractivity contribution in [2.45, 2.75) is 53.6 Å². The van der Waals surface area contributed by atoms with Gasteiger partial charge in [0.1, 0.15) is 11.9 Å². The lowest BCUT2D eigenvalue weighted by Gasteiger charge is -2.19. The highest BCUT2D eigenvalue weighted by molar-refractivity contribution is 5.34. The summed E-state index contributed by atoms with van der Waals surface area (Å²) in [4.78, 5) is 13.6. The van der Waals surface area contributed by atoms with Gasteiger partial charge in [0, 0.05) is 31.0 Å². The van der Waals surface area contributed by atoms with Gasteiger partial charge in [-0.2, -0.15) is 4.98 Å². The number of ether oxygens (including phenoxy) is 2. The van der Waals surface area contributed by atoms with E-state index in [0.717, 1.165) is 23.4 Å². The Labute approximate surface area is 144 Å². The van der Waals surface area contributed by atoms with Crippen molar-refractivity contribution in [1.29, 1.82) is 0 Å². The van der Waals surface area contributed by atoms with Crippen LogP contribution in [0.2, 0.25) is 0 Å². The third-order valence-electron chi connectivity index (χ3n) is 4.06. The lowest BCUT2D eigenvalue weighted by atomic mass is 10.1. The molecule has 2 aromatic rings. The van der Waals surface area contributed by atoms with Crippen LogP contribution in [0.25, 0.3) is 0 Å². The van der Waals surface area contributed by atoms with Gasteiger partial charge < -0.3 is 9.47 Å². The normalized spacial score (nSPS) is 12.2. The number of hydrogen-bond donors (Lipinski definition) is 0. The van der Waals surface area contributed by atoms with Crippen LogP contribution in [0.4, 0.5) is 0 Å². The number of rotatable bonds is 7. The average Bonchev–Trinajstić information content (AvgIpc) is 2.53. The minimum atomic E-state index is -0.00455. The number of nitrogens with zero attached hydrogens (tertiary/aromatic N) is 3. The van der Waals surface area contributed by atoms with E-state index >= 15 is 0 Å². The second-order valence-electron chi connectivity index (χ2n) is 6.20. The first-order valence-electron chi connectivity index (χ1n) is 8.36. The molecule has 24 heavy (non-hydrogen) atoms. The topological polar surface area (TPSA) is 57.1 Å². The highest BCUT2D eigenvalue weighted by Crippen LogP contribution is 2.23. The first-order valence-corrected chi connectivity index (χ1v) is 8.36. The highest BCUT2D eigenvalue weighted by atomic mass is 16.5. The van der Waals surface area contributed by atoms with Crippen LogP contribution < -0.4 is 4.74 Å². The maximum atomic E-state index is 6.05. The Bertz CT molecular complexity index is 701. The van der Waals surface area contributed by atoms with E-state index in [1.165, 1.54) is 11.1 Å². The Kier molecular flexibility index (Phi) is 6.26. The van der Waals surface area contributed by atoms with Gasteiger partial charge in [0.15, 0.2) is 0 Å². The molecule has 0 aliphatic carbocycles. The molecule has 0 aliphatic heterocycles. The van der Waals surface area contributed by atoms with E-state index in [0.29, 0.717) is 24.7 Å². The highest BCUT2D eigenvalue weighted by Gasteiger charge is 2.16. The first-order chi connectivity index (χ1) is 11.4. The SMILES string of the molecule is CCC(COC)Oc1nc(C)nc(Cc2ncc(C)cc2C)c1C. The molecule has 130 valence electrons. The molecule has 0 aromatic carbocycles. The van der Waals surface area contributed by atoms with Gasteiger partial charge >= 0.3 is 0 Å². The Morgan fingerprint density at radius 2 is 1.83 bits per heavy atom. The van der Waals surface area contributed by atoms with E-state index in [-0.39, 0.29) is 6.10 Å². The summed E-state index contributed by atoms with van der Waals surface area (Å²) in [6.07, 6.45) is 3.44. The van der Waals surface area contributed by atoms with E-state index < -0.39 is 0 Å². The largest absolute Gasteiger partial charge is 0.472 e. The molecule has 0 saturated heterocycles. The maximum absolute atomic E-state index is 6.05. The van der Waals surface area contributed by atoms with Gasteiger partial charge in [0.05, 0.1) is 12.3 Å². The van der Waals surface area contributed by atoms with Crippen molar-refractivity contribution in [2.24, 2.45) is 0 Å². The smallest absolute Gasteiger partial charge is 0.220 e. The Morgan fingerprint density at radius 1 is 1.08 bits per heavy atom. The molecule has 2 heterocycles. The fraction of sp³-hybridized carbons (Fsp3) is 0.526. The van der Waals surface area contributed by atoms with Crippen LogP contribution >= 0.6 is 0 Å². The molecule has 2 aromatic heterocycles. The fourth-order valence-corrected chi connectivity index (χ4v) is 2.61. The number of methoxy groups -OCH3 is 1. The van der Waals surface area contributed by atoms with E-state index in [2.05, 4.69) is 41.8 Å². The zero-order valence-corrected chi connectivity index (χ0v) is 15.5. The Morgan fingerprint density at radius 3 is 2.46 bits per heavy atom. The zero-order valence-electron chi connectivity index (χ0n) is 15.5. The molecule has 5 nitrogen and oxygen atoms in total. The molecule has 0 spiro atoms. The molecule has 0 aliphatic rings. The van der Waals surface area contributed by atoms with Crippen LogP contribution in [0.1, 0.15) is 47.2 Å². The van der Waals surface area contributed by atoms with Gasteiger partial charge in [-0.25, -0.2) is 4.98 Å². The van der Waals surface area contributed by atoms with Crippen LogP contribution in [0.15, 0.2) is 12.3 Å². The maximum Gasteiger partial charge on any atom is 0.220 e. The number of aromatic nitrogens is 3. The summed E-state index contributed by atoms with van der Waals surface area (Å²) in [5.41, 5.74) is 5.32. The molecule has 0 bridgehead atoms. The van der Waals surface area contributed by atoms with Crippen molar-refractivity contribution in [2.75, 3.05) is 13.7 Å². The summed E-state index contributed by atoms with van der Waals surface area (Å²) >= 11 is 0. The lowest BCUT2D eigenvalue weighted by Crippen LogP contribution is -2.23. The molecule has 1 atom stereocenters. The summed E-state index contributed by atoms with van der Waals surface area (Å²) in [6.45, 7) is 10.7. The standard InChI is InChI=1S/C19H27N3O2/c1-7-16(11-23-6)24-19-14(4)18(21-15(5)22-19)9-17-13(3)8-12(2)10-20-17/h8,10,16H,7,9,11H2,1-6H3. The molecule has 0 amide bonds. The van der Waals surface area contributed by atoms with E-state index in [1.807, 2.05) is 20.0 Å². The molecule has 5 heteroatoms. The summed E-state index contributed by atoms with van der Waals surface area (Å²) in [7, 11) is 1.68. The molecule has 0 N–H and O–H groups in total. The third kappa shape index (κ3) is 4.51. The van der Waals surface area contributed by atoms with E-state index in [1.54, 1.807) is 7.11 Å². The molecular weight excluding hydrogens is 302 g/mol. The summed E-state index contributed by atoms with van der Waals surface area (Å²) < 4.78 is 11.3. The summed E-state index contributed by atoms with van der Waals surface area (Å²) in [5.74, 6) is 1.36. The number of aryl methyl sites for hydroxylation is 3. The van der Waals surface area contributed by atoms with Gasteiger partial charge in [0.25, 0.3) is 0 Å². The van der Waals surface area contributed by atoms with Crippen molar-refractivity contribution in [3.05, 3.63) is 46.2 Å². The van der Waals surface area contributed by atoms with Gasteiger partial charge in [-0.05, 0) is 45.2 Å². The molecular formula is C19H27N3O2. The van der Waals surface area contributed by atoms with Crippen molar-refractivity contribution in [3.63, 3.8) is 0 Å². The Balaban J connectivity index is 2.30. The van der Waals surface area contributed by atoms with Gasteiger partial charge in [-0.1, -0.05) is 13.0 Å². The minimum Gasteiger partial charge on any atom is -0.472 e. The van der Waals surface area contributed by atoms with E-state index in [9.17, 15) is 0 Å². The predicted octanol–water partition coefficient (Wildman–Crippen LogP) is 3.50. The fourth-order valence-electron chi connectivity index (χ4n) is 2.61. The second-order valence-corrected chi connectivity index (χ2v) is 6.20. The van der Waals surface area contributed by atoms with Crippen LogP contribution in [0, 0.1) is 27.7 Å². The third-order valence-corrected chi connectivity index (χ3v) is 4.06. The molecule has 1 unspecified atom stereocenters. The molecule has 0 fully saturated rings. The number of pyridine rings is 1. The van der Waals surface area contributed by atoms with E-state index in [4.69, 9.17) is 9.47 Å². The summed E-state index contributed by atoms with van der Waals surface area (Å²) in [5, 5.41) is 0. The van der Waals surface area contributed by atoms with Crippen molar-refractivity contribution in [3.8, 4) is 5.88 Å². The van der Waals surface area contributed by atoms with Crippen LogP contribution in [0.3, 0.4) is 0 Å². The minimum absolute atomic E-state index is 0.00455. The molecule has 2 rings (SSSR count). The molecule has 0 radical (unpaired) electrons. The Hall–Kier alpha value is -2.01. The van der Waals surface area contributed by atoms with Crippen molar-refractivity contribution < 1.29 is 9.47 Å². The van der Waals surface area contributed by atoms with Crippen LogP contribution in [-0.2, 0) is 11.2 Å². The van der Waals surface area contributed by atoms with Crippen molar-refractivity contribution >= 4 is 0 Å². The van der Waals surface area contributed by atoms with Crippen LogP contribution in [0.5, 0.6) is 5.88 Å². The number of hydrogen-bond acceptors (Lipinski definition) is 5.